The van der Waals surface area contributed by atoms with Crippen molar-refractivity contribution in [2.45, 2.75) is 32.4 Å². The Balaban J connectivity index is 1.93. The molecule has 20 heavy (non-hydrogen) atoms. The maximum absolute atomic E-state index is 12.4. The zero-order valence-electron chi connectivity index (χ0n) is 12.4. The fourth-order valence-electron chi connectivity index (χ4n) is 2.89. The average Bonchev–Trinajstić information content (AvgIpc) is 2.54. The molecular weight excluding hydrogens is 252 g/mol. The van der Waals surface area contributed by atoms with Crippen molar-refractivity contribution in [3.8, 4) is 0 Å². The summed E-state index contributed by atoms with van der Waals surface area (Å²) < 4.78 is 0. The molecule has 3 heterocycles. The van der Waals surface area contributed by atoms with Crippen LogP contribution in [0.5, 0.6) is 0 Å². The summed E-state index contributed by atoms with van der Waals surface area (Å²) in [6.07, 6.45) is 1.88. The lowest BCUT2D eigenvalue weighted by Crippen LogP contribution is -2.55. The van der Waals surface area contributed by atoms with Crippen molar-refractivity contribution in [2.24, 2.45) is 0 Å². The summed E-state index contributed by atoms with van der Waals surface area (Å²) in [6, 6.07) is 2.12. The van der Waals surface area contributed by atoms with Crippen LogP contribution in [0.1, 0.15) is 30.9 Å². The summed E-state index contributed by atoms with van der Waals surface area (Å²) >= 11 is 0. The van der Waals surface area contributed by atoms with Crippen LogP contribution in [0.3, 0.4) is 0 Å². The van der Waals surface area contributed by atoms with Gasteiger partial charge >= 0.3 is 0 Å². The minimum absolute atomic E-state index is 0.0644. The van der Waals surface area contributed by atoms with Gasteiger partial charge in [-0.1, -0.05) is 13.8 Å². The normalized spacial score (nSPS) is 24.0. The first-order chi connectivity index (χ1) is 9.54. The summed E-state index contributed by atoms with van der Waals surface area (Å²) in [5.41, 5.74) is 2.36. The third kappa shape index (κ3) is 2.43. The lowest BCUT2D eigenvalue weighted by Gasteiger charge is -2.37. The Morgan fingerprint density at radius 3 is 2.95 bits per heavy atom. The van der Waals surface area contributed by atoms with E-state index in [4.69, 9.17) is 0 Å². The number of nitrogens with zero attached hydrogens (tertiary/aromatic N) is 3. The molecule has 1 saturated heterocycles. The van der Waals surface area contributed by atoms with Crippen molar-refractivity contribution in [3.05, 3.63) is 23.4 Å². The number of aromatic nitrogens is 1. The highest BCUT2D eigenvalue weighted by Crippen LogP contribution is 2.26. The first kappa shape index (κ1) is 13.5. The molecule has 1 fully saturated rings. The standard InChI is InChI=1S/C15H22N4O/c1-10(2)11-6-12-8-19-5-4-18(3)9-13(19)15(20)17-14(12)16-7-11/h6-7,10,13H,4-5,8-9H2,1-3H3,(H,16,17,20). The number of hydrogen-bond donors (Lipinski definition) is 1. The van der Waals surface area contributed by atoms with Gasteiger partial charge in [-0.25, -0.2) is 4.98 Å². The van der Waals surface area contributed by atoms with Gasteiger partial charge in [0.2, 0.25) is 5.91 Å². The van der Waals surface area contributed by atoms with Crippen LogP contribution < -0.4 is 5.32 Å². The summed E-state index contributed by atoms with van der Waals surface area (Å²) in [7, 11) is 2.07. The molecule has 5 nitrogen and oxygen atoms in total. The molecule has 1 aromatic heterocycles. The van der Waals surface area contributed by atoms with Gasteiger partial charge in [-0.15, -0.1) is 0 Å². The van der Waals surface area contributed by atoms with E-state index < -0.39 is 0 Å². The van der Waals surface area contributed by atoms with Crippen molar-refractivity contribution in [1.82, 2.24) is 14.8 Å². The zero-order valence-corrected chi connectivity index (χ0v) is 12.4. The summed E-state index contributed by atoms with van der Waals surface area (Å²) in [5, 5.41) is 2.99. The Bertz CT molecular complexity index is 529. The Kier molecular flexibility index (Phi) is 3.48. The zero-order chi connectivity index (χ0) is 14.3. The van der Waals surface area contributed by atoms with Crippen LogP contribution in [0, 0.1) is 0 Å². The number of piperazine rings is 1. The van der Waals surface area contributed by atoms with E-state index in [2.05, 4.69) is 47.1 Å². The van der Waals surface area contributed by atoms with E-state index in [0.29, 0.717) is 5.92 Å². The number of fused-ring (bicyclic) bond motifs is 2. The highest BCUT2D eigenvalue weighted by Gasteiger charge is 2.34. The Morgan fingerprint density at radius 1 is 1.40 bits per heavy atom. The average molecular weight is 274 g/mol. The second-order valence-corrected chi connectivity index (χ2v) is 6.17. The molecule has 0 saturated carbocycles. The summed E-state index contributed by atoms with van der Waals surface area (Å²) in [4.78, 5) is 21.3. The maximum atomic E-state index is 12.4. The van der Waals surface area contributed by atoms with E-state index in [1.54, 1.807) is 0 Å². The molecule has 0 radical (unpaired) electrons. The van der Waals surface area contributed by atoms with Gasteiger partial charge in [0, 0.05) is 37.9 Å². The van der Waals surface area contributed by atoms with E-state index in [1.165, 1.54) is 5.56 Å². The molecule has 1 atom stereocenters. The fourth-order valence-corrected chi connectivity index (χ4v) is 2.89. The first-order valence-electron chi connectivity index (χ1n) is 7.27. The largest absolute Gasteiger partial charge is 0.309 e. The predicted molar refractivity (Wildman–Crippen MR) is 78.7 cm³/mol. The van der Waals surface area contributed by atoms with Crippen LogP contribution in [0.25, 0.3) is 0 Å². The van der Waals surface area contributed by atoms with Crippen LogP contribution in [0.4, 0.5) is 5.82 Å². The van der Waals surface area contributed by atoms with Gasteiger partial charge in [-0.3, -0.25) is 9.69 Å². The van der Waals surface area contributed by atoms with E-state index in [-0.39, 0.29) is 11.9 Å². The molecule has 1 unspecified atom stereocenters. The minimum atomic E-state index is -0.0644. The van der Waals surface area contributed by atoms with Gasteiger partial charge in [0.05, 0.1) is 0 Å². The summed E-state index contributed by atoms with van der Waals surface area (Å²) in [5.74, 6) is 1.26. The Morgan fingerprint density at radius 2 is 2.20 bits per heavy atom. The number of hydrogen-bond acceptors (Lipinski definition) is 4. The maximum Gasteiger partial charge on any atom is 0.244 e. The molecule has 0 spiro atoms. The number of carbonyl (C=O) groups excluding carboxylic acids is 1. The van der Waals surface area contributed by atoms with Gasteiger partial charge in [0.15, 0.2) is 0 Å². The van der Waals surface area contributed by atoms with Gasteiger partial charge < -0.3 is 10.2 Å². The highest BCUT2D eigenvalue weighted by molar-refractivity contribution is 5.95. The molecule has 0 aliphatic carbocycles. The molecule has 2 aliphatic rings. The SMILES string of the molecule is CC(C)c1cnc2c(c1)CN1CCN(C)CC1C(=O)N2. The number of anilines is 1. The number of pyridine rings is 1. The van der Waals surface area contributed by atoms with Crippen LogP contribution in [-0.2, 0) is 11.3 Å². The van der Waals surface area contributed by atoms with E-state index >= 15 is 0 Å². The molecular formula is C15H22N4O. The lowest BCUT2D eigenvalue weighted by atomic mass is 10.0. The summed E-state index contributed by atoms with van der Waals surface area (Å²) in [6.45, 7) is 7.86. The molecule has 1 amide bonds. The second-order valence-electron chi connectivity index (χ2n) is 6.17. The second kappa shape index (κ2) is 5.14. The molecule has 1 aromatic rings. The smallest absolute Gasteiger partial charge is 0.244 e. The Labute approximate surface area is 120 Å². The van der Waals surface area contributed by atoms with Gasteiger partial charge in [0.25, 0.3) is 0 Å². The number of nitrogens with one attached hydrogen (secondary N) is 1. The molecule has 0 aromatic carbocycles. The minimum Gasteiger partial charge on any atom is -0.309 e. The molecule has 3 rings (SSSR count). The topological polar surface area (TPSA) is 48.5 Å². The van der Waals surface area contributed by atoms with Crippen LogP contribution >= 0.6 is 0 Å². The van der Waals surface area contributed by atoms with E-state index in [0.717, 1.165) is 37.6 Å². The molecule has 108 valence electrons. The molecule has 0 bridgehead atoms. The van der Waals surface area contributed by atoms with E-state index in [1.807, 2.05) is 6.20 Å². The van der Waals surface area contributed by atoms with Crippen LogP contribution in [0.15, 0.2) is 12.3 Å². The predicted octanol–water partition coefficient (Wildman–Crippen LogP) is 1.27. The van der Waals surface area contributed by atoms with Gasteiger partial charge in [-0.05, 0) is 24.6 Å². The number of rotatable bonds is 1. The van der Waals surface area contributed by atoms with Gasteiger partial charge in [-0.2, -0.15) is 0 Å². The quantitative estimate of drug-likeness (QED) is 0.838. The number of amides is 1. The molecule has 2 aliphatic heterocycles. The third-order valence-corrected chi connectivity index (χ3v) is 4.27. The van der Waals surface area contributed by atoms with Crippen molar-refractivity contribution in [3.63, 3.8) is 0 Å². The third-order valence-electron chi connectivity index (χ3n) is 4.27. The number of likely N-dealkylation sites (N-methyl/N-ethyl adjacent to an activating group) is 1. The Hall–Kier alpha value is -1.46. The van der Waals surface area contributed by atoms with Crippen molar-refractivity contribution in [1.29, 1.82) is 0 Å². The van der Waals surface area contributed by atoms with E-state index in [9.17, 15) is 4.79 Å². The fraction of sp³-hybridized carbons (Fsp3) is 0.600. The molecule has 1 N–H and O–H groups in total. The van der Waals surface area contributed by atoms with Crippen LogP contribution in [-0.4, -0.2) is 53.4 Å². The molecule has 5 heteroatoms. The monoisotopic (exact) mass is 274 g/mol. The lowest BCUT2D eigenvalue weighted by molar-refractivity contribution is -0.123. The number of carbonyl (C=O) groups is 1. The van der Waals surface area contributed by atoms with Crippen molar-refractivity contribution < 1.29 is 4.79 Å². The first-order valence-corrected chi connectivity index (χ1v) is 7.27. The van der Waals surface area contributed by atoms with Gasteiger partial charge in [0.1, 0.15) is 11.9 Å². The highest BCUT2D eigenvalue weighted by atomic mass is 16.2. The van der Waals surface area contributed by atoms with Crippen molar-refractivity contribution in [2.75, 3.05) is 32.0 Å². The van der Waals surface area contributed by atoms with Crippen LogP contribution in [0.2, 0.25) is 0 Å². The van der Waals surface area contributed by atoms with Crippen molar-refractivity contribution >= 4 is 11.7 Å².